The van der Waals surface area contributed by atoms with Crippen molar-refractivity contribution in [3.05, 3.63) is 58.5 Å². The highest BCUT2D eigenvalue weighted by Gasteiger charge is 2.54. The Bertz CT molecular complexity index is 1410. The van der Waals surface area contributed by atoms with Gasteiger partial charge in [0.2, 0.25) is 6.29 Å². The number of thiazole rings is 1. The predicted molar refractivity (Wildman–Crippen MR) is 151 cm³/mol. The number of amides is 2. The minimum atomic E-state index is -1.18. The number of nitrogens with zero attached hydrogens (tertiary/aromatic N) is 4. The number of aromatic nitrogens is 2. The van der Waals surface area contributed by atoms with Crippen LogP contribution in [0.5, 0.6) is 0 Å². The van der Waals surface area contributed by atoms with Crippen LogP contribution in [0.15, 0.2) is 52.4 Å². The molecule has 1 unspecified atom stereocenters. The van der Waals surface area contributed by atoms with E-state index in [-0.39, 0.29) is 22.9 Å². The molecule has 0 bridgehead atoms. The number of hydrogen-bond donors (Lipinski definition) is 3. The highest BCUT2D eigenvalue weighted by atomic mass is 32.2. The Morgan fingerprint density at radius 2 is 2.15 bits per heavy atom. The van der Waals surface area contributed by atoms with Gasteiger partial charge in [0.15, 0.2) is 10.8 Å². The second-order valence-electron chi connectivity index (χ2n) is 8.94. The number of ether oxygens (including phenoxy) is 2. The van der Waals surface area contributed by atoms with Gasteiger partial charge in [0.05, 0.1) is 0 Å². The summed E-state index contributed by atoms with van der Waals surface area (Å²) in [4.78, 5) is 60.8. The van der Waals surface area contributed by atoms with E-state index in [2.05, 4.69) is 20.4 Å². The quantitative estimate of drug-likeness (QED) is 0.0858. The van der Waals surface area contributed by atoms with Gasteiger partial charge in [-0.2, -0.15) is 0 Å². The van der Waals surface area contributed by atoms with Crippen molar-refractivity contribution in [3.8, 4) is 0 Å². The second kappa shape index (κ2) is 13.4. The molecule has 0 spiro atoms. The highest BCUT2D eigenvalue weighted by molar-refractivity contribution is 8.00. The zero-order chi connectivity index (χ0) is 29.5. The average Bonchev–Trinajstić information content (AvgIpc) is 3.39. The number of oxime groups is 1. The molecule has 15 heteroatoms. The molecule has 3 atom stereocenters. The summed E-state index contributed by atoms with van der Waals surface area (Å²) in [6.45, 7) is 3.36. The number of esters is 2. The van der Waals surface area contributed by atoms with Crippen molar-refractivity contribution in [3.63, 3.8) is 0 Å². The lowest BCUT2D eigenvalue weighted by molar-refractivity contribution is -0.184. The minimum Gasteiger partial charge on any atom is -0.425 e. The summed E-state index contributed by atoms with van der Waals surface area (Å²) < 4.78 is 10.6. The molecule has 2 amide bonds. The first-order valence-corrected chi connectivity index (χ1v) is 14.6. The molecule has 13 nitrogen and oxygen atoms in total. The van der Waals surface area contributed by atoms with Crippen LogP contribution in [0.2, 0.25) is 0 Å². The van der Waals surface area contributed by atoms with Crippen LogP contribution < -0.4 is 11.1 Å². The van der Waals surface area contributed by atoms with E-state index in [9.17, 15) is 24.4 Å². The van der Waals surface area contributed by atoms with Crippen LogP contribution in [-0.4, -0.2) is 73.0 Å². The number of allylic oxidation sites excluding steroid dienone is 1. The lowest BCUT2D eigenvalue weighted by Crippen LogP contribution is -2.71. The predicted octanol–water partition coefficient (Wildman–Crippen LogP) is 2.29. The molecule has 2 aromatic rings. The third-order valence-electron chi connectivity index (χ3n) is 6.02. The van der Waals surface area contributed by atoms with Gasteiger partial charge < -0.3 is 25.7 Å². The summed E-state index contributed by atoms with van der Waals surface area (Å²) in [5.74, 6) is -2.46. The van der Waals surface area contributed by atoms with E-state index in [0.717, 1.165) is 23.3 Å². The number of carbonyl (C=O) groups is 4. The van der Waals surface area contributed by atoms with E-state index in [1.807, 2.05) is 13.0 Å². The Labute approximate surface area is 243 Å². The normalized spacial score (nSPS) is 19.4. The number of pyridine rings is 1. The average molecular weight is 601 g/mol. The van der Waals surface area contributed by atoms with Crippen LogP contribution >= 0.6 is 23.1 Å². The van der Waals surface area contributed by atoms with Gasteiger partial charge in [-0.15, -0.1) is 23.1 Å². The van der Waals surface area contributed by atoms with E-state index < -0.39 is 47.2 Å². The third kappa shape index (κ3) is 6.92. The fourth-order valence-electron chi connectivity index (χ4n) is 4.05. The zero-order valence-electron chi connectivity index (χ0n) is 22.2. The molecule has 2 aliphatic heterocycles. The maximum absolute atomic E-state index is 13.4. The monoisotopic (exact) mass is 600 g/mol. The molecule has 4 heterocycles. The summed E-state index contributed by atoms with van der Waals surface area (Å²) in [6, 6.07) is 2.57. The Morgan fingerprint density at radius 3 is 2.80 bits per heavy atom. The van der Waals surface area contributed by atoms with Gasteiger partial charge in [0.1, 0.15) is 22.8 Å². The molecule has 2 aromatic heterocycles. The molecular weight excluding hydrogens is 572 g/mol. The first kappa shape index (κ1) is 29.7. The number of rotatable bonds is 11. The van der Waals surface area contributed by atoms with Gasteiger partial charge in [-0.3, -0.25) is 24.3 Å². The number of fused-ring (bicyclic) bond motifs is 1. The van der Waals surface area contributed by atoms with E-state index in [0.29, 0.717) is 17.7 Å². The molecule has 1 saturated heterocycles. The lowest BCUT2D eigenvalue weighted by Gasteiger charge is -2.49. The molecule has 2 aliphatic rings. The van der Waals surface area contributed by atoms with Crippen LogP contribution in [0.1, 0.15) is 44.4 Å². The first-order valence-electron chi connectivity index (χ1n) is 12.6. The van der Waals surface area contributed by atoms with Crippen molar-refractivity contribution in [2.24, 2.45) is 5.16 Å². The van der Waals surface area contributed by atoms with Crippen LogP contribution in [-0.2, 0) is 28.7 Å². The summed E-state index contributed by atoms with van der Waals surface area (Å²) in [7, 11) is 0. The van der Waals surface area contributed by atoms with Crippen molar-refractivity contribution in [2.45, 2.75) is 50.8 Å². The fourth-order valence-corrected chi connectivity index (χ4v) is 5.91. The summed E-state index contributed by atoms with van der Waals surface area (Å²) in [5.41, 5.74) is 6.51. The largest absolute Gasteiger partial charge is 0.425 e. The summed E-state index contributed by atoms with van der Waals surface area (Å²) >= 11 is 2.38. The number of hydrogen-bond acceptors (Lipinski definition) is 13. The Hall–Kier alpha value is -4.24. The number of nitrogens with one attached hydrogen (secondary N) is 1. The number of β-lactam (4-membered cyclic amide) rings is 1. The maximum Gasteiger partial charge on any atom is 0.358 e. The minimum absolute atomic E-state index is 0.0239. The number of anilines is 1. The van der Waals surface area contributed by atoms with E-state index >= 15 is 0 Å². The fraction of sp³-hybridized carbons (Fsp3) is 0.346. The molecule has 1 fully saturated rings. The SMILES string of the molecule is CCCCC(=O)OC(C)OC(=O)C1=C(/C=C\c2cccnc2)CS[C@H]2[C@H](NC(=O)C(=NO)c3csc(N)n3)C(=O)N12. The molecule has 41 heavy (non-hydrogen) atoms. The van der Waals surface area contributed by atoms with Gasteiger partial charge in [-0.05, 0) is 23.6 Å². The van der Waals surface area contributed by atoms with Crippen LogP contribution in [0.3, 0.4) is 0 Å². The standard InChI is InChI=1S/C26H28N6O7S2/c1-3-4-7-18(33)38-14(2)39-25(36)21-16(9-8-15-6-5-10-28-11-15)12-40-24-20(23(35)32(21)24)30-22(34)19(31-37)17-13-41-26(27)29-17/h5-6,8-11,13-14,20,24,37H,3-4,7,12H2,1-2H3,(H2,27,29)(H,30,34)/b9-8-,31-19?/t14?,20-,24+/m1/s1. The van der Waals surface area contributed by atoms with Crippen LogP contribution in [0.25, 0.3) is 6.08 Å². The van der Waals surface area contributed by atoms with Crippen LogP contribution in [0, 0.1) is 0 Å². The Balaban J connectivity index is 1.54. The van der Waals surface area contributed by atoms with Crippen molar-refractivity contribution in [1.29, 1.82) is 0 Å². The van der Waals surface area contributed by atoms with Crippen molar-refractivity contribution < 1.29 is 33.9 Å². The van der Waals surface area contributed by atoms with E-state index in [1.54, 1.807) is 30.6 Å². The van der Waals surface area contributed by atoms with Gasteiger partial charge in [0.25, 0.3) is 11.8 Å². The molecular formula is C26H28N6O7S2. The van der Waals surface area contributed by atoms with Gasteiger partial charge >= 0.3 is 11.9 Å². The number of carbonyl (C=O) groups excluding carboxylic acids is 4. The zero-order valence-corrected chi connectivity index (χ0v) is 23.8. The molecule has 4 rings (SSSR count). The third-order valence-corrected chi connectivity index (χ3v) is 8.00. The van der Waals surface area contributed by atoms with Crippen molar-refractivity contribution in [1.82, 2.24) is 20.2 Å². The summed E-state index contributed by atoms with van der Waals surface area (Å²) in [6.07, 6.45) is 7.17. The first-order chi connectivity index (χ1) is 19.7. The Kier molecular flexibility index (Phi) is 9.73. The molecule has 0 saturated carbocycles. The smallest absolute Gasteiger partial charge is 0.358 e. The number of thioether (sulfide) groups is 1. The maximum atomic E-state index is 13.4. The molecule has 216 valence electrons. The Morgan fingerprint density at radius 1 is 1.34 bits per heavy atom. The van der Waals surface area contributed by atoms with Crippen molar-refractivity contribution >= 4 is 63.8 Å². The highest BCUT2D eigenvalue weighted by Crippen LogP contribution is 2.41. The molecule has 4 N–H and O–H groups in total. The number of nitrogens with two attached hydrogens (primary N) is 1. The van der Waals surface area contributed by atoms with Gasteiger partial charge in [0, 0.05) is 36.9 Å². The van der Waals surface area contributed by atoms with E-state index in [1.165, 1.54) is 29.0 Å². The second-order valence-corrected chi connectivity index (χ2v) is 10.9. The van der Waals surface area contributed by atoms with E-state index in [4.69, 9.17) is 15.2 Å². The molecule has 0 radical (unpaired) electrons. The molecule has 0 aliphatic carbocycles. The topological polar surface area (TPSA) is 186 Å². The summed E-state index contributed by atoms with van der Waals surface area (Å²) in [5, 5.41) is 15.9. The van der Waals surface area contributed by atoms with Gasteiger partial charge in [-0.1, -0.05) is 36.7 Å². The number of nitrogen functional groups attached to an aromatic ring is 1. The van der Waals surface area contributed by atoms with Crippen LogP contribution in [0.4, 0.5) is 5.13 Å². The van der Waals surface area contributed by atoms with Gasteiger partial charge in [-0.25, -0.2) is 9.78 Å². The molecule has 0 aromatic carbocycles. The van der Waals surface area contributed by atoms with Crippen molar-refractivity contribution in [2.75, 3.05) is 11.5 Å². The lowest BCUT2D eigenvalue weighted by atomic mass is 10.0. The number of unbranched alkanes of at least 4 members (excludes halogenated alkanes) is 1.